The van der Waals surface area contributed by atoms with Crippen molar-refractivity contribution in [3.63, 3.8) is 0 Å². The van der Waals surface area contributed by atoms with Gasteiger partial charge in [0, 0.05) is 0 Å². The molecule has 13 heavy (non-hydrogen) atoms. The van der Waals surface area contributed by atoms with Crippen LogP contribution in [0.3, 0.4) is 0 Å². The summed E-state index contributed by atoms with van der Waals surface area (Å²) in [6, 6.07) is 6.52. The highest BCUT2D eigenvalue weighted by molar-refractivity contribution is 5.30. The first-order valence-electron chi connectivity index (χ1n) is 4.06. The molecule has 1 rings (SSSR count). The Morgan fingerprint density at radius 1 is 1.54 bits per heavy atom. The molecule has 0 bridgehead atoms. The molecule has 3 heteroatoms. The van der Waals surface area contributed by atoms with Gasteiger partial charge in [-0.05, 0) is 24.6 Å². The number of halogens is 1. The fourth-order valence-corrected chi connectivity index (χ4v) is 1.02. The molecule has 0 radical (unpaired) electrons. The molecule has 0 aliphatic heterocycles. The monoisotopic (exact) mass is 179 g/mol. The molecule has 0 unspecified atom stereocenters. The van der Waals surface area contributed by atoms with Crippen LogP contribution in [0.4, 0.5) is 4.39 Å². The zero-order valence-electron chi connectivity index (χ0n) is 7.38. The number of benzene rings is 1. The SMILES string of the molecule is CCOc1ccc(CC#N)cc1F. The fraction of sp³-hybridized carbons (Fsp3) is 0.300. The maximum atomic E-state index is 13.1. The van der Waals surface area contributed by atoms with Crippen LogP contribution in [0, 0.1) is 17.1 Å². The van der Waals surface area contributed by atoms with E-state index in [1.807, 2.05) is 6.07 Å². The quantitative estimate of drug-likeness (QED) is 0.713. The summed E-state index contributed by atoms with van der Waals surface area (Å²) in [6.45, 7) is 2.23. The van der Waals surface area contributed by atoms with E-state index in [1.54, 1.807) is 19.1 Å². The van der Waals surface area contributed by atoms with E-state index in [4.69, 9.17) is 10.00 Å². The summed E-state index contributed by atoms with van der Waals surface area (Å²) >= 11 is 0. The van der Waals surface area contributed by atoms with Crippen molar-refractivity contribution in [1.29, 1.82) is 5.26 Å². The van der Waals surface area contributed by atoms with Crippen LogP contribution < -0.4 is 4.74 Å². The Kier molecular flexibility index (Phi) is 3.27. The molecule has 0 spiro atoms. The first-order chi connectivity index (χ1) is 6.27. The molecular formula is C10H10FNO. The molecule has 0 N–H and O–H groups in total. The molecular weight excluding hydrogens is 169 g/mol. The molecule has 0 saturated heterocycles. The van der Waals surface area contributed by atoms with Crippen LogP contribution in [-0.4, -0.2) is 6.61 Å². The molecule has 0 heterocycles. The number of nitriles is 1. The van der Waals surface area contributed by atoms with Crippen LogP contribution in [0.2, 0.25) is 0 Å². The van der Waals surface area contributed by atoms with Crippen molar-refractivity contribution in [2.75, 3.05) is 6.61 Å². The smallest absolute Gasteiger partial charge is 0.165 e. The normalized spacial score (nSPS) is 9.31. The highest BCUT2D eigenvalue weighted by Gasteiger charge is 2.03. The van der Waals surface area contributed by atoms with Crippen LogP contribution in [0.5, 0.6) is 5.75 Å². The van der Waals surface area contributed by atoms with E-state index < -0.39 is 5.82 Å². The van der Waals surface area contributed by atoms with Crippen molar-refractivity contribution in [3.05, 3.63) is 29.6 Å². The first kappa shape index (κ1) is 9.53. The maximum absolute atomic E-state index is 13.1. The topological polar surface area (TPSA) is 33.0 Å². The Bertz CT molecular complexity index is 330. The Balaban J connectivity index is 2.86. The van der Waals surface area contributed by atoms with Gasteiger partial charge in [-0.1, -0.05) is 6.07 Å². The summed E-state index contributed by atoms with van der Waals surface area (Å²) < 4.78 is 18.1. The molecule has 0 aliphatic rings. The predicted octanol–water partition coefficient (Wildman–Crippen LogP) is 2.29. The summed E-state index contributed by atoms with van der Waals surface area (Å²) in [5, 5.41) is 8.38. The third-order valence-corrected chi connectivity index (χ3v) is 1.58. The number of hydrogen-bond acceptors (Lipinski definition) is 2. The van der Waals surface area contributed by atoms with Crippen LogP contribution in [0.25, 0.3) is 0 Å². The summed E-state index contributed by atoms with van der Waals surface area (Å²) in [4.78, 5) is 0. The molecule has 0 aromatic heterocycles. The molecule has 1 aromatic carbocycles. The molecule has 0 atom stereocenters. The van der Waals surface area contributed by atoms with E-state index in [0.29, 0.717) is 12.2 Å². The molecule has 0 aliphatic carbocycles. The highest BCUT2D eigenvalue weighted by Crippen LogP contribution is 2.18. The van der Waals surface area contributed by atoms with Gasteiger partial charge in [0.2, 0.25) is 0 Å². The van der Waals surface area contributed by atoms with E-state index in [1.165, 1.54) is 6.07 Å². The van der Waals surface area contributed by atoms with Gasteiger partial charge in [0.1, 0.15) is 0 Å². The van der Waals surface area contributed by atoms with Crippen molar-refractivity contribution in [2.45, 2.75) is 13.3 Å². The standard InChI is InChI=1S/C10H10FNO/c1-2-13-10-4-3-8(5-6-12)7-9(10)11/h3-4,7H,2,5H2,1H3. The molecule has 68 valence electrons. The minimum Gasteiger partial charge on any atom is -0.491 e. The summed E-state index contributed by atoms with van der Waals surface area (Å²) in [7, 11) is 0. The number of hydrogen-bond donors (Lipinski definition) is 0. The number of ether oxygens (including phenoxy) is 1. The van der Waals surface area contributed by atoms with Crippen LogP contribution in [0.1, 0.15) is 12.5 Å². The maximum Gasteiger partial charge on any atom is 0.165 e. The fourth-order valence-electron chi connectivity index (χ4n) is 1.02. The second-order valence-corrected chi connectivity index (χ2v) is 2.53. The van der Waals surface area contributed by atoms with Gasteiger partial charge < -0.3 is 4.74 Å². The Labute approximate surface area is 76.6 Å². The van der Waals surface area contributed by atoms with Gasteiger partial charge >= 0.3 is 0 Å². The summed E-state index contributed by atoms with van der Waals surface area (Å²) in [5.74, 6) is -0.168. The van der Waals surface area contributed by atoms with E-state index in [0.717, 1.165) is 0 Å². The average molecular weight is 179 g/mol. The van der Waals surface area contributed by atoms with Gasteiger partial charge in [-0.25, -0.2) is 4.39 Å². The lowest BCUT2D eigenvalue weighted by Crippen LogP contribution is -1.95. The zero-order chi connectivity index (χ0) is 9.68. The Hall–Kier alpha value is -1.56. The third-order valence-electron chi connectivity index (χ3n) is 1.58. The molecule has 0 saturated carbocycles. The van der Waals surface area contributed by atoms with Crippen LogP contribution in [0.15, 0.2) is 18.2 Å². The Morgan fingerprint density at radius 3 is 2.85 bits per heavy atom. The lowest BCUT2D eigenvalue weighted by Gasteiger charge is -2.04. The predicted molar refractivity (Wildman–Crippen MR) is 46.9 cm³/mol. The minimum atomic E-state index is -0.408. The van der Waals surface area contributed by atoms with E-state index in [2.05, 4.69) is 0 Å². The van der Waals surface area contributed by atoms with E-state index in [-0.39, 0.29) is 12.2 Å². The second-order valence-electron chi connectivity index (χ2n) is 2.53. The zero-order valence-corrected chi connectivity index (χ0v) is 7.38. The van der Waals surface area contributed by atoms with Crippen molar-refractivity contribution in [1.82, 2.24) is 0 Å². The van der Waals surface area contributed by atoms with Gasteiger partial charge in [0.25, 0.3) is 0 Å². The van der Waals surface area contributed by atoms with E-state index >= 15 is 0 Å². The minimum absolute atomic E-state index is 0.226. The molecule has 1 aromatic rings. The number of nitrogens with zero attached hydrogens (tertiary/aromatic N) is 1. The van der Waals surface area contributed by atoms with E-state index in [9.17, 15) is 4.39 Å². The lowest BCUT2D eigenvalue weighted by molar-refractivity contribution is 0.321. The van der Waals surface area contributed by atoms with Gasteiger partial charge in [-0.15, -0.1) is 0 Å². The summed E-state index contributed by atoms with van der Waals surface area (Å²) in [5.41, 5.74) is 0.670. The van der Waals surface area contributed by atoms with Crippen molar-refractivity contribution in [2.24, 2.45) is 0 Å². The second kappa shape index (κ2) is 4.46. The summed E-state index contributed by atoms with van der Waals surface area (Å²) in [6.07, 6.45) is 0.226. The molecule has 2 nitrogen and oxygen atoms in total. The van der Waals surface area contributed by atoms with Crippen molar-refractivity contribution < 1.29 is 9.13 Å². The largest absolute Gasteiger partial charge is 0.491 e. The first-order valence-corrected chi connectivity index (χ1v) is 4.06. The third kappa shape index (κ3) is 2.45. The van der Waals surface area contributed by atoms with Gasteiger partial charge in [-0.2, -0.15) is 5.26 Å². The highest BCUT2D eigenvalue weighted by atomic mass is 19.1. The van der Waals surface area contributed by atoms with Crippen molar-refractivity contribution >= 4 is 0 Å². The van der Waals surface area contributed by atoms with Gasteiger partial charge in [-0.3, -0.25) is 0 Å². The van der Waals surface area contributed by atoms with Crippen LogP contribution in [-0.2, 0) is 6.42 Å². The molecule has 0 fully saturated rings. The van der Waals surface area contributed by atoms with Gasteiger partial charge in [0.05, 0.1) is 19.1 Å². The lowest BCUT2D eigenvalue weighted by atomic mass is 10.1. The Morgan fingerprint density at radius 2 is 2.31 bits per heavy atom. The average Bonchev–Trinajstić information content (AvgIpc) is 2.10. The van der Waals surface area contributed by atoms with Gasteiger partial charge in [0.15, 0.2) is 11.6 Å². The van der Waals surface area contributed by atoms with Crippen LogP contribution >= 0.6 is 0 Å². The molecule has 0 amide bonds. The number of rotatable bonds is 3. The van der Waals surface area contributed by atoms with Crippen molar-refractivity contribution in [3.8, 4) is 11.8 Å².